The first kappa shape index (κ1) is 15.5. The highest BCUT2D eigenvalue weighted by Gasteiger charge is 2.40. The number of rotatable bonds is 1. The first-order valence-electron chi connectivity index (χ1n) is 9.02. The van der Waals surface area contributed by atoms with E-state index >= 15 is 0 Å². The summed E-state index contributed by atoms with van der Waals surface area (Å²) in [4.78, 5) is 2.61. The number of nitrogens with one attached hydrogen (secondary N) is 1. The Bertz CT molecular complexity index is 811. The number of piperazine rings is 1. The fraction of sp³-hybridized carbons (Fsp3) is 0.550. The van der Waals surface area contributed by atoms with Crippen molar-refractivity contribution in [3.05, 3.63) is 30.0 Å². The van der Waals surface area contributed by atoms with E-state index in [1.807, 2.05) is 17.7 Å². The second kappa shape index (κ2) is 5.53. The van der Waals surface area contributed by atoms with Gasteiger partial charge in [0.05, 0.1) is 0 Å². The van der Waals surface area contributed by atoms with Crippen LogP contribution in [-0.2, 0) is 7.05 Å². The second-order valence-corrected chi connectivity index (χ2v) is 8.06. The molecular weight excluding hydrogens is 296 g/mol. The molecule has 126 valence electrons. The van der Waals surface area contributed by atoms with Crippen molar-refractivity contribution >= 4 is 16.6 Å². The van der Waals surface area contributed by atoms with Crippen LogP contribution in [0.25, 0.3) is 10.9 Å². The Kier molecular flexibility index (Phi) is 3.58. The topological polar surface area (TPSA) is 44.0 Å². The molecule has 1 N–H and O–H groups in total. The van der Waals surface area contributed by atoms with Crippen LogP contribution in [0.2, 0.25) is 0 Å². The van der Waals surface area contributed by atoms with Crippen LogP contribution in [0.5, 0.6) is 0 Å². The van der Waals surface area contributed by atoms with Crippen LogP contribution in [0.3, 0.4) is 0 Å². The minimum absolute atomic E-state index is 0.127. The van der Waals surface area contributed by atoms with E-state index in [0.717, 1.165) is 23.1 Å². The molecule has 0 spiro atoms. The Labute approximate surface area is 144 Å². The lowest BCUT2D eigenvalue weighted by Crippen LogP contribution is -2.67. The van der Waals surface area contributed by atoms with E-state index in [1.165, 1.54) is 31.4 Å². The van der Waals surface area contributed by atoms with E-state index < -0.39 is 0 Å². The Hall–Kier alpha value is -1.99. The van der Waals surface area contributed by atoms with Gasteiger partial charge in [-0.1, -0.05) is 12.8 Å². The molecular formula is C20H26N4. The van der Waals surface area contributed by atoms with Crippen molar-refractivity contribution in [2.45, 2.75) is 57.2 Å². The van der Waals surface area contributed by atoms with Crippen molar-refractivity contribution < 1.29 is 0 Å². The van der Waals surface area contributed by atoms with E-state index in [-0.39, 0.29) is 5.54 Å². The summed E-state index contributed by atoms with van der Waals surface area (Å²) in [5.41, 5.74) is 3.27. The van der Waals surface area contributed by atoms with E-state index in [1.54, 1.807) is 0 Å². The molecule has 1 aliphatic carbocycles. The second-order valence-electron chi connectivity index (χ2n) is 8.06. The maximum absolute atomic E-state index is 9.27. The molecule has 1 aromatic heterocycles. The molecule has 1 aromatic carbocycles. The zero-order chi connectivity index (χ0) is 16.9. The Morgan fingerprint density at radius 1 is 1.21 bits per heavy atom. The van der Waals surface area contributed by atoms with Crippen molar-refractivity contribution in [2.24, 2.45) is 7.05 Å². The molecule has 4 rings (SSSR count). The third-order valence-electron chi connectivity index (χ3n) is 5.74. The van der Waals surface area contributed by atoms with Gasteiger partial charge in [0, 0.05) is 47.8 Å². The number of hydrogen-bond acceptors (Lipinski definition) is 3. The highest BCUT2D eigenvalue weighted by molar-refractivity contribution is 5.86. The third-order valence-corrected chi connectivity index (χ3v) is 5.74. The van der Waals surface area contributed by atoms with Gasteiger partial charge in [-0.25, -0.2) is 0 Å². The van der Waals surface area contributed by atoms with Crippen LogP contribution in [0.1, 0.15) is 45.2 Å². The van der Waals surface area contributed by atoms with Gasteiger partial charge < -0.3 is 14.8 Å². The summed E-state index contributed by atoms with van der Waals surface area (Å²) in [5, 5.41) is 14.3. The summed E-state index contributed by atoms with van der Waals surface area (Å²) < 4.78 is 1.98. The predicted octanol–water partition coefficient (Wildman–Crippen LogP) is 3.55. The largest absolute Gasteiger partial charge is 0.365 e. The van der Waals surface area contributed by atoms with Crippen molar-refractivity contribution in [1.29, 1.82) is 5.26 Å². The lowest BCUT2D eigenvalue weighted by atomic mass is 9.83. The minimum Gasteiger partial charge on any atom is -0.365 e. The number of nitrogens with zero attached hydrogens (tertiary/aromatic N) is 3. The van der Waals surface area contributed by atoms with Crippen LogP contribution < -0.4 is 10.2 Å². The fourth-order valence-electron chi connectivity index (χ4n) is 4.65. The molecule has 0 radical (unpaired) electrons. The number of aryl methyl sites for hydroxylation is 1. The summed E-state index contributed by atoms with van der Waals surface area (Å²) in [6, 6.07) is 12.1. The monoisotopic (exact) mass is 322 g/mol. The van der Waals surface area contributed by atoms with E-state index in [2.05, 4.69) is 48.3 Å². The van der Waals surface area contributed by atoms with Gasteiger partial charge in [-0.2, -0.15) is 5.26 Å². The van der Waals surface area contributed by atoms with E-state index in [0.29, 0.717) is 12.1 Å². The summed E-state index contributed by atoms with van der Waals surface area (Å²) in [7, 11) is 1.96. The lowest BCUT2D eigenvalue weighted by Gasteiger charge is -2.52. The number of hydrogen-bond donors (Lipinski definition) is 1. The van der Waals surface area contributed by atoms with Gasteiger partial charge in [-0.3, -0.25) is 0 Å². The zero-order valence-electron chi connectivity index (χ0n) is 14.8. The van der Waals surface area contributed by atoms with Gasteiger partial charge in [0.2, 0.25) is 0 Å². The average Bonchev–Trinajstić information content (AvgIpc) is 2.89. The van der Waals surface area contributed by atoms with Gasteiger partial charge in [0.15, 0.2) is 0 Å². The molecule has 2 fully saturated rings. The number of fused-ring (bicyclic) bond motifs is 2. The number of benzene rings is 1. The van der Waals surface area contributed by atoms with Gasteiger partial charge in [-0.05, 0) is 51.0 Å². The first-order valence-corrected chi connectivity index (χ1v) is 9.02. The maximum atomic E-state index is 9.27. The van der Waals surface area contributed by atoms with Crippen molar-refractivity contribution in [1.82, 2.24) is 9.88 Å². The summed E-state index contributed by atoms with van der Waals surface area (Å²) in [5.74, 6) is 0. The quantitative estimate of drug-likeness (QED) is 0.873. The SMILES string of the molecule is Cn1c(C#N)cc2cc(N3CC(C)(C)N[C@@H]4CCCC[C@@H]43)ccc21. The molecule has 0 unspecified atom stereocenters. The smallest absolute Gasteiger partial charge is 0.121 e. The van der Waals surface area contributed by atoms with Crippen LogP contribution in [-0.4, -0.2) is 28.7 Å². The molecule has 2 atom stereocenters. The summed E-state index contributed by atoms with van der Waals surface area (Å²) in [6.45, 7) is 5.64. The van der Waals surface area contributed by atoms with Gasteiger partial charge in [0.1, 0.15) is 11.8 Å². The van der Waals surface area contributed by atoms with Crippen molar-refractivity contribution in [3.8, 4) is 6.07 Å². The molecule has 0 amide bonds. The molecule has 1 aliphatic heterocycles. The summed E-state index contributed by atoms with van der Waals surface area (Å²) in [6.07, 6.45) is 5.20. The molecule has 2 aliphatic rings. The highest BCUT2D eigenvalue weighted by atomic mass is 15.3. The van der Waals surface area contributed by atoms with Crippen molar-refractivity contribution in [2.75, 3.05) is 11.4 Å². The molecule has 0 bridgehead atoms. The van der Waals surface area contributed by atoms with Gasteiger partial charge in [0.25, 0.3) is 0 Å². The first-order chi connectivity index (χ1) is 11.5. The van der Waals surface area contributed by atoms with Crippen LogP contribution in [0.4, 0.5) is 5.69 Å². The minimum atomic E-state index is 0.127. The van der Waals surface area contributed by atoms with Gasteiger partial charge in [-0.15, -0.1) is 0 Å². The molecule has 4 nitrogen and oxygen atoms in total. The Balaban J connectivity index is 1.75. The summed E-state index contributed by atoms with van der Waals surface area (Å²) >= 11 is 0. The molecule has 24 heavy (non-hydrogen) atoms. The van der Waals surface area contributed by atoms with Crippen LogP contribution >= 0.6 is 0 Å². The predicted molar refractivity (Wildman–Crippen MR) is 98.2 cm³/mol. The molecule has 4 heteroatoms. The maximum Gasteiger partial charge on any atom is 0.121 e. The lowest BCUT2D eigenvalue weighted by molar-refractivity contribution is 0.199. The molecule has 2 heterocycles. The zero-order valence-corrected chi connectivity index (χ0v) is 14.8. The average molecular weight is 322 g/mol. The Morgan fingerprint density at radius 3 is 2.79 bits per heavy atom. The number of nitriles is 1. The number of aromatic nitrogens is 1. The third kappa shape index (κ3) is 2.48. The van der Waals surface area contributed by atoms with E-state index in [4.69, 9.17) is 0 Å². The normalized spacial score (nSPS) is 26.2. The van der Waals surface area contributed by atoms with E-state index in [9.17, 15) is 5.26 Å². The van der Waals surface area contributed by atoms with Crippen LogP contribution in [0, 0.1) is 11.3 Å². The Morgan fingerprint density at radius 2 is 2.00 bits per heavy atom. The van der Waals surface area contributed by atoms with Crippen LogP contribution in [0.15, 0.2) is 24.3 Å². The number of anilines is 1. The fourth-order valence-corrected chi connectivity index (χ4v) is 4.65. The standard InChI is InChI=1S/C20H26N4/c1-20(2)13-24(19-7-5-4-6-17(19)22-20)15-8-9-18-14(10-15)11-16(12-21)23(18)3/h8-11,17,19,22H,4-7,13H2,1-3H3/t17-,19+/m1/s1. The molecule has 1 saturated heterocycles. The molecule has 1 saturated carbocycles. The highest BCUT2D eigenvalue weighted by Crippen LogP contribution is 2.35. The molecule has 2 aromatic rings. The van der Waals surface area contributed by atoms with Gasteiger partial charge >= 0.3 is 0 Å². The van der Waals surface area contributed by atoms with Crippen molar-refractivity contribution in [3.63, 3.8) is 0 Å².